The number of carboxylic acids is 1. The summed E-state index contributed by atoms with van der Waals surface area (Å²) in [5.41, 5.74) is 2.11. The maximum Gasteiger partial charge on any atom is 0.307 e. The van der Waals surface area contributed by atoms with Crippen LogP contribution in [0.1, 0.15) is 25.3 Å². The Labute approximate surface area is 148 Å². The average Bonchev–Trinajstić information content (AvgIpc) is 2.61. The molecule has 132 valence electrons. The molecule has 3 rings (SSSR count). The molecular weight excluding hydrogens is 314 g/mol. The minimum absolute atomic E-state index is 0.275. The van der Waals surface area contributed by atoms with Gasteiger partial charge in [0.15, 0.2) is 0 Å². The first kappa shape index (κ1) is 17.5. The van der Waals surface area contributed by atoms with Crippen molar-refractivity contribution in [1.29, 1.82) is 0 Å². The van der Waals surface area contributed by atoms with E-state index in [0.717, 1.165) is 36.3 Å². The molecule has 0 amide bonds. The highest BCUT2D eigenvalue weighted by atomic mass is 16.5. The van der Waals surface area contributed by atoms with Crippen LogP contribution in [0.4, 0.5) is 0 Å². The van der Waals surface area contributed by atoms with Crippen LogP contribution in [-0.4, -0.2) is 35.7 Å². The number of hydrogen-bond acceptors (Lipinski definition) is 3. The van der Waals surface area contributed by atoms with Crippen LogP contribution in [0, 0.1) is 5.92 Å². The largest absolute Gasteiger partial charge is 0.489 e. The molecule has 1 unspecified atom stereocenters. The van der Waals surface area contributed by atoms with E-state index in [2.05, 4.69) is 29.7 Å². The SMILES string of the molecule is C=C(C)COc1ccc2ccccc2c1CN1CCCC(C(=O)O)C1. The average molecular weight is 339 g/mol. The number of aliphatic carboxylic acids is 1. The fourth-order valence-electron chi connectivity index (χ4n) is 3.44. The number of rotatable bonds is 6. The van der Waals surface area contributed by atoms with Gasteiger partial charge < -0.3 is 9.84 Å². The van der Waals surface area contributed by atoms with Crippen molar-refractivity contribution in [3.63, 3.8) is 0 Å². The molecule has 2 aromatic rings. The molecule has 0 spiro atoms. The summed E-state index contributed by atoms with van der Waals surface area (Å²) in [6, 6.07) is 12.4. The zero-order valence-corrected chi connectivity index (χ0v) is 14.7. The summed E-state index contributed by atoms with van der Waals surface area (Å²) in [5.74, 6) is -0.107. The molecule has 1 aliphatic rings. The van der Waals surface area contributed by atoms with E-state index in [1.54, 1.807) is 0 Å². The molecule has 0 aromatic heterocycles. The van der Waals surface area contributed by atoms with Crippen molar-refractivity contribution in [3.05, 3.63) is 54.1 Å². The highest BCUT2D eigenvalue weighted by Gasteiger charge is 2.26. The van der Waals surface area contributed by atoms with E-state index < -0.39 is 5.97 Å². The number of benzene rings is 2. The van der Waals surface area contributed by atoms with E-state index in [4.69, 9.17) is 4.74 Å². The van der Waals surface area contributed by atoms with Crippen molar-refractivity contribution in [2.24, 2.45) is 5.92 Å². The van der Waals surface area contributed by atoms with Crippen molar-refractivity contribution in [2.75, 3.05) is 19.7 Å². The number of ether oxygens (including phenoxy) is 1. The van der Waals surface area contributed by atoms with Gasteiger partial charge in [-0.3, -0.25) is 9.69 Å². The summed E-state index contributed by atoms with van der Waals surface area (Å²) < 4.78 is 5.98. The van der Waals surface area contributed by atoms with Crippen LogP contribution in [0.2, 0.25) is 0 Å². The summed E-state index contributed by atoms with van der Waals surface area (Å²) in [5, 5.41) is 11.7. The molecule has 4 nitrogen and oxygen atoms in total. The molecular formula is C21H25NO3. The molecule has 25 heavy (non-hydrogen) atoms. The minimum Gasteiger partial charge on any atom is -0.489 e. The third kappa shape index (κ3) is 4.20. The van der Waals surface area contributed by atoms with Crippen LogP contribution in [0.15, 0.2) is 48.6 Å². The van der Waals surface area contributed by atoms with Crippen LogP contribution in [0.3, 0.4) is 0 Å². The third-order valence-electron chi connectivity index (χ3n) is 4.71. The quantitative estimate of drug-likeness (QED) is 0.805. The van der Waals surface area contributed by atoms with Gasteiger partial charge in [0.2, 0.25) is 0 Å². The number of hydrogen-bond donors (Lipinski definition) is 1. The Morgan fingerprint density at radius 1 is 1.32 bits per heavy atom. The number of fused-ring (bicyclic) bond motifs is 1. The fraction of sp³-hybridized carbons (Fsp3) is 0.381. The Hall–Kier alpha value is -2.33. The topological polar surface area (TPSA) is 49.8 Å². The number of carboxylic acid groups (broad SMARTS) is 1. The van der Waals surface area contributed by atoms with Crippen molar-refractivity contribution >= 4 is 16.7 Å². The number of piperidine rings is 1. The Morgan fingerprint density at radius 2 is 2.12 bits per heavy atom. The lowest BCUT2D eigenvalue weighted by molar-refractivity contribution is -0.143. The van der Waals surface area contributed by atoms with Crippen molar-refractivity contribution in [2.45, 2.75) is 26.3 Å². The Balaban J connectivity index is 1.90. The predicted molar refractivity (Wildman–Crippen MR) is 99.9 cm³/mol. The Bertz CT molecular complexity index is 784. The Kier molecular flexibility index (Phi) is 5.39. The van der Waals surface area contributed by atoms with Gasteiger partial charge in [0.1, 0.15) is 12.4 Å². The van der Waals surface area contributed by atoms with Crippen molar-refractivity contribution in [3.8, 4) is 5.75 Å². The minimum atomic E-state index is -0.693. The Morgan fingerprint density at radius 3 is 2.88 bits per heavy atom. The summed E-state index contributed by atoms with van der Waals surface area (Å²) in [6.45, 7) is 8.57. The molecule has 0 saturated carbocycles. The summed E-state index contributed by atoms with van der Waals surface area (Å²) in [7, 11) is 0. The van der Waals surface area contributed by atoms with Gasteiger partial charge in [0.05, 0.1) is 5.92 Å². The normalized spacial score (nSPS) is 18.2. The highest BCUT2D eigenvalue weighted by Crippen LogP contribution is 2.31. The van der Waals surface area contributed by atoms with Crippen LogP contribution in [-0.2, 0) is 11.3 Å². The molecule has 1 saturated heterocycles. The first-order chi connectivity index (χ1) is 12.0. The number of nitrogens with zero attached hydrogens (tertiary/aromatic N) is 1. The lowest BCUT2D eigenvalue weighted by Gasteiger charge is -2.31. The van der Waals surface area contributed by atoms with Gasteiger partial charge in [-0.15, -0.1) is 0 Å². The van der Waals surface area contributed by atoms with Crippen LogP contribution in [0.25, 0.3) is 10.8 Å². The molecule has 0 aliphatic carbocycles. The first-order valence-electron chi connectivity index (χ1n) is 8.77. The van der Waals surface area contributed by atoms with E-state index in [0.29, 0.717) is 19.7 Å². The molecule has 4 heteroatoms. The van der Waals surface area contributed by atoms with Crippen LogP contribution in [0.5, 0.6) is 5.75 Å². The first-order valence-corrected chi connectivity index (χ1v) is 8.77. The van der Waals surface area contributed by atoms with Gasteiger partial charge >= 0.3 is 5.97 Å². The maximum absolute atomic E-state index is 11.3. The number of likely N-dealkylation sites (tertiary alicyclic amines) is 1. The third-order valence-corrected chi connectivity index (χ3v) is 4.71. The lowest BCUT2D eigenvalue weighted by Crippen LogP contribution is -2.38. The molecule has 0 radical (unpaired) electrons. The zero-order chi connectivity index (χ0) is 17.8. The summed E-state index contributed by atoms with van der Waals surface area (Å²) >= 11 is 0. The smallest absolute Gasteiger partial charge is 0.307 e. The van der Waals surface area contributed by atoms with E-state index in [-0.39, 0.29) is 5.92 Å². The van der Waals surface area contributed by atoms with Gasteiger partial charge in [-0.25, -0.2) is 0 Å². The molecule has 1 heterocycles. The molecule has 1 aliphatic heterocycles. The predicted octanol–water partition coefficient (Wildman–Crippen LogP) is 4.09. The monoisotopic (exact) mass is 339 g/mol. The van der Waals surface area contributed by atoms with Gasteiger partial charge in [-0.1, -0.05) is 36.9 Å². The maximum atomic E-state index is 11.3. The second kappa shape index (κ2) is 7.70. The van der Waals surface area contributed by atoms with Crippen LogP contribution < -0.4 is 4.74 Å². The molecule has 1 atom stereocenters. The van der Waals surface area contributed by atoms with Gasteiger partial charge in [-0.2, -0.15) is 0 Å². The van der Waals surface area contributed by atoms with E-state index >= 15 is 0 Å². The van der Waals surface area contributed by atoms with Gasteiger partial charge in [0, 0.05) is 18.7 Å². The summed E-state index contributed by atoms with van der Waals surface area (Å²) in [4.78, 5) is 13.6. The number of carbonyl (C=O) groups is 1. The molecule has 2 aromatic carbocycles. The van der Waals surface area contributed by atoms with Crippen molar-refractivity contribution in [1.82, 2.24) is 4.90 Å². The second-order valence-electron chi connectivity index (χ2n) is 6.92. The molecule has 1 fully saturated rings. The van der Waals surface area contributed by atoms with E-state index in [9.17, 15) is 9.90 Å². The van der Waals surface area contributed by atoms with E-state index in [1.807, 2.05) is 25.1 Å². The zero-order valence-electron chi connectivity index (χ0n) is 14.7. The lowest BCUT2D eigenvalue weighted by atomic mass is 9.96. The highest BCUT2D eigenvalue weighted by molar-refractivity contribution is 5.87. The second-order valence-corrected chi connectivity index (χ2v) is 6.92. The van der Waals surface area contributed by atoms with Crippen molar-refractivity contribution < 1.29 is 14.6 Å². The molecule has 0 bridgehead atoms. The van der Waals surface area contributed by atoms with E-state index in [1.165, 1.54) is 10.8 Å². The van der Waals surface area contributed by atoms with Gasteiger partial charge in [0.25, 0.3) is 0 Å². The fourth-order valence-corrected chi connectivity index (χ4v) is 3.44. The standard InChI is InChI=1S/C21H25NO3/c1-15(2)14-25-20-10-9-16-6-3-4-8-18(16)19(20)13-22-11-5-7-17(12-22)21(23)24/h3-4,6,8-10,17H,1,5,7,11-14H2,2H3,(H,23,24). The van der Waals surface area contributed by atoms with Crippen LogP contribution >= 0.6 is 0 Å². The molecule has 1 N–H and O–H groups in total. The van der Waals surface area contributed by atoms with Gasteiger partial charge in [-0.05, 0) is 48.7 Å². The summed E-state index contributed by atoms with van der Waals surface area (Å²) in [6.07, 6.45) is 1.68.